The number of nitrogens with one attached hydrogen (secondary N) is 1. The summed E-state index contributed by atoms with van der Waals surface area (Å²) in [5.41, 5.74) is 3.04. The minimum Gasteiger partial charge on any atom is -0.381 e. The highest BCUT2D eigenvalue weighted by molar-refractivity contribution is 9.10. The number of rotatable bonds is 3. The molecule has 2 nitrogen and oxygen atoms in total. The molecule has 1 N–H and O–H groups in total. The summed E-state index contributed by atoms with van der Waals surface area (Å²) in [6.45, 7) is 0. The van der Waals surface area contributed by atoms with Crippen LogP contribution in [0.15, 0.2) is 22.7 Å². The van der Waals surface area contributed by atoms with Gasteiger partial charge in [-0.05, 0) is 55.4 Å². The standard InChI is InChI=1S/C15H20BrNO/c1-18-15-8-14(9-15)17-13-5-3-10-6-12(16)4-2-11(10)7-13/h2,4,6,13-15,17H,3,5,7-9H2,1H3. The average molecular weight is 310 g/mol. The van der Waals surface area contributed by atoms with Crippen LogP contribution >= 0.6 is 15.9 Å². The number of aryl methyl sites for hydroxylation is 1. The summed E-state index contributed by atoms with van der Waals surface area (Å²) in [4.78, 5) is 0. The molecular formula is C15H20BrNO. The maximum Gasteiger partial charge on any atom is 0.0601 e. The molecule has 18 heavy (non-hydrogen) atoms. The van der Waals surface area contributed by atoms with Crippen LogP contribution in [0.4, 0.5) is 0 Å². The molecule has 3 rings (SSSR count). The van der Waals surface area contributed by atoms with Crippen molar-refractivity contribution < 1.29 is 4.74 Å². The zero-order chi connectivity index (χ0) is 12.5. The zero-order valence-corrected chi connectivity index (χ0v) is 12.4. The van der Waals surface area contributed by atoms with Gasteiger partial charge in [0.2, 0.25) is 0 Å². The summed E-state index contributed by atoms with van der Waals surface area (Å²) < 4.78 is 6.53. The van der Waals surface area contributed by atoms with Crippen LogP contribution in [0.1, 0.15) is 30.4 Å². The molecule has 0 bridgehead atoms. The lowest BCUT2D eigenvalue weighted by atomic mass is 9.84. The molecule has 0 heterocycles. The fourth-order valence-corrected chi connectivity index (χ4v) is 3.50. The Morgan fingerprint density at radius 1 is 1.22 bits per heavy atom. The Labute approximate surface area is 117 Å². The van der Waals surface area contributed by atoms with E-state index in [1.165, 1.54) is 47.7 Å². The van der Waals surface area contributed by atoms with E-state index in [1.54, 1.807) is 0 Å². The van der Waals surface area contributed by atoms with Gasteiger partial charge in [-0.25, -0.2) is 0 Å². The molecule has 2 aliphatic rings. The van der Waals surface area contributed by atoms with E-state index in [1.807, 2.05) is 7.11 Å². The SMILES string of the molecule is COC1CC(NC2CCc3cc(Br)ccc3C2)C1. The first-order valence-corrected chi connectivity index (χ1v) is 7.60. The molecule has 98 valence electrons. The van der Waals surface area contributed by atoms with Gasteiger partial charge in [0.05, 0.1) is 6.10 Å². The van der Waals surface area contributed by atoms with Gasteiger partial charge in [-0.1, -0.05) is 22.0 Å². The monoisotopic (exact) mass is 309 g/mol. The second-order valence-electron chi connectivity index (χ2n) is 5.55. The molecule has 0 aliphatic heterocycles. The number of hydrogen-bond donors (Lipinski definition) is 1. The highest BCUT2D eigenvalue weighted by Gasteiger charge is 2.31. The molecule has 1 fully saturated rings. The summed E-state index contributed by atoms with van der Waals surface area (Å²) in [7, 11) is 1.82. The summed E-state index contributed by atoms with van der Waals surface area (Å²) in [6.07, 6.45) is 6.50. The van der Waals surface area contributed by atoms with E-state index in [0.717, 1.165) is 0 Å². The quantitative estimate of drug-likeness (QED) is 0.926. The summed E-state index contributed by atoms with van der Waals surface area (Å²) >= 11 is 3.55. The van der Waals surface area contributed by atoms with E-state index in [0.29, 0.717) is 18.2 Å². The van der Waals surface area contributed by atoms with Crippen molar-refractivity contribution in [2.45, 2.75) is 50.3 Å². The number of ether oxygens (including phenoxy) is 1. The van der Waals surface area contributed by atoms with Gasteiger partial charge in [0, 0.05) is 23.7 Å². The third kappa shape index (κ3) is 2.63. The van der Waals surface area contributed by atoms with Crippen molar-refractivity contribution in [3.05, 3.63) is 33.8 Å². The van der Waals surface area contributed by atoms with Crippen LogP contribution in [0.2, 0.25) is 0 Å². The first kappa shape index (κ1) is 12.6. The largest absolute Gasteiger partial charge is 0.381 e. The predicted octanol–water partition coefficient (Wildman–Crippen LogP) is 3.07. The second-order valence-corrected chi connectivity index (χ2v) is 6.46. The molecule has 1 atom stereocenters. The van der Waals surface area contributed by atoms with Crippen molar-refractivity contribution in [3.8, 4) is 0 Å². The van der Waals surface area contributed by atoms with Crippen LogP contribution in [-0.2, 0) is 17.6 Å². The van der Waals surface area contributed by atoms with E-state index < -0.39 is 0 Å². The Balaban J connectivity index is 1.57. The van der Waals surface area contributed by atoms with Crippen LogP contribution in [0.3, 0.4) is 0 Å². The highest BCUT2D eigenvalue weighted by atomic mass is 79.9. The van der Waals surface area contributed by atoms with Gasteiger partial charge in [-0.3, -0.25) is 0 Å². The minimum atomic E-state index is 0.495. The van der Waals surface area contributed by atoms with Crippen LogP contribution in [-0.4, -0.2) is 25.3 Å². The lowest BCUT2D eigenvalue weighted by Crippen LogP contribution is -2.50. The average Bonchev–Trinajstić information content (AvgIpc) is 2.33. The molecule has 1 aromatic rings. The van der Waals surface area contributed by atoms with E-state index in [-0.39, 0.29) is 0 Å². The Kier molecular flexibility index (Phi) is 3.73. The lowest BCUT2D eigenvalue weighted by molar-refractivity contribution is 0.0137. The molecule has 2 aliphatic carbocycles. The van der Waals surface area contributed by atoms with Crippen LogP contribution in [0, 0.1) is 0 Å². The molecular weight excluding hydrogens is 290 g/mol. The number of fused-ring (bicyclic) bond motifs is 1. The topological polar surface area (TPSA) is 21.3 Å². The Hall–Kier alpha value is -0.380. The highest BCUT2D eigenvalue weighted by Crippen LogP contribution is 2.28. The van der Waals surface area contributed by atoms with E-state index in [2.05, 4.69) is 39.4 Å². The number of halogens is 1. The number of hydrogen-bond acceptors (Lipinski definition) is 2. The molecule has 3 heteroatoms. The molecule has 1 unspecified atom stereocenters. The van der Waals surface area contributed by atoms with Crippen molar-refractivity contribution in [2.24, 2.45) is 0 Å². The molecule has 0 aromatic heterocycles. The van der Waals surface area contributed by atoms with Gasteiger partial charge in [-0.2, -0.15) is 0 Å². The normalized spacial score (nSPS) is 30.7. The minimum absolute atomic E-state index is 0.495. The van der Waals surface area contributed by atoms with E-state index >= 15 is 0 Å². The predicted molar refractivity (Wildman–Crippen MR) is 76.9 cm³/mol. The molecule has 1 saturated carbocycles. The van der Waals surface area contributed by atoms with E-state index in [9.17, 15) is 0 Å². The molecule has 0 saturated heterocycles. The molecule has 0 spiro atoms. The summed E-state index contributed by atoms with van der Waals surface area (Å²) in [5.74, 6) is 0. The van der Waals surface area contributed by atoms with Crippen molar-refractivity contribution >= 4 is 15.9 Å². The van der Waals surface area contributed by atoms with Crippen molar-refractivity contribution in [1.29, 1.82) is 0 Å². The first-order valence-electron chi connectivity index (χ1n) is 6.80. The summed E-state index contributed by atoms with van der Waals surface area (Å²) in [6, 6.07) is 8.03. The summed E-state index contributed by atoms with van der Waals surface area (Å²) in [5, 5.41) is 3.78. The van der Waals surface area contributed by atoms with E-state index in [4.69, 9.17) is 4.74 Å². The fraction of sp³-hybridized carbons (Fsp3) is 0.600. The van der Waals surface area contributed by atoms with Crippen molar-refractivity contribution in [2.75, 3.05) is 7.11 Å². The first-order chi connectivity index (χ1) is 8.74. The van der Waals surface area contributed by atoms with Gasteiger partial charge in [0.1, 0.15) is 0 Å². The van der Waals surface area contributed by atoms with Crippen LogP contribution in [0.25, 0.3) is 0 Å². The number of methoxy groups -OCH3 is 1. The van der Waals surface area contributed by atoms with Gasteiger partial charge in [0.15, 0.2) is 0 Å². The van der Waals surface area contributed by atoms with Crippen molar-refractivity contribution in [1.82, 2.24) is 5.32 Å². The zero-order valence-electron chi connectivity index (χ0n) is 10.8. The third-order valence-corrected chi connectivity index (χ3v) is 4.79. The lowest BCUT2D eigenvalue weighted by Gasteiger charge is -2.38. The second kappa shape index (κ2) is 5.32. The van der Waals surface area contributed by atoms with Crippen LogP contribution in [0.5, 0.6) is 0 Å². The fourth-order valence-electron chi connectivity index (χ4n) is 3.09. The van der Waals surface area contributed by atoms with Gasteiger partial charge in [0.25, 0.3) is 0 Å². The molecule has 0 amide bonds. The maximum absolute atomic E-state index is 5.33. The van der Waals surface area contributed by atoms with Crippen molar-refractivity contribution in [3.63, 3.8) is 0 Å². The maximum atomic E-state index is 5.33. The van der Waals surface area contributed by atoms with Crippen LogP contribution < -0.4 is 5.32 Å². The van der Waals surface area contributed by atoms with Gasteiger partial charge in [-0.15, -0.1) is 0 Å². The number of benzene rings is 1. The smallest absolute Gasteiger partial charge is 0.0601 e. The third-order valence-electron chi connectivity index (χ3n) is 4.30. The Morgan fingerprint density at radius 3 is 2.83 bits per heavy atom. The molecule has 0 radical (unpaired) electrons. The Morgan fingerprint density at radius 2 is 2.06 bits per heavy atom. The van der Waals surface area contributed by atoms with Gasteiger partial charge < -0.3 is 10.1 Å². The Bertz CT molecular complexity index is 429. The molecule has 1 aromatic carbocycles. The van der Waals surface area contributed by atoms with Gasteiger partial charge >= 0.3 is 0 Å².